The molecule has 0 amide bonds. The lowest BCUT2D eigenvalue weighted by atomic mass is 10.1. The fourth-order valence-corrected chi connectivity index (χ4v) is 1.94. The molecule has 0 spiro atoms. The lowest BCUT2D eigenvalue weighted by molar-refractivity contribution is 0.127. The first-order valence-corrected chi connectivity index (χ1v) is 6.81. The van der Waals surface area contributed by atoms with Gasteiger partial charge in [0.1, 0.15) is 5.75 Å². The second-order valence-corrected chi connectivity index (χ2v) is 5.41. The maximum Gasteiger partial charge on any atom is 0.117 e. The normalized spacial score (nSPS) is 15.1. The monoisotopic (exact) mass is 249 g/mol. The Morgan fingerprint density at radius 3 is 2.83 bits per heavy atom. The summed E-state index contributed by atoms with van der Waals surface area (Å²) in [5, 5.41) is 12.9. The first-order chi connectivity index (χ1) is 8.65. The zero-order valence-electron chi connectivity index (χ0n) is 11.3. The van der Waals surface area contributed by atoms with Crippen LogP contribution in [0.3, 0.4) is 0 Å². The summed E-state index contributed by atoms with van der Waals surface area (Å²) in [5.74, 6) is 1.12. The quantitative estimate of drug-likeness (QED) is 0.729. The molecule has 3 nitrogen and oxygen atoms in total. The lowest BCUT2D eigenvalue weighted by Crippen LogP contribution is -2.12. The molecule has 1 aromatic carbocycles. The third kappa shape index (κ3) is 4.22. The molecule has 0 atom stereocenters. The summed E-state index contributed by atoms with van der Waals surface area (Å²) in [6.45, 7) is 5.86. The third-order valence-corrected chi connectivity index (χ3v) is 3.10. The van der Waals surface area contributed by atoms with Gasteiger partial charge in [-0.1, -0.05) is 6.07 Å². The van der Waals surface area contributed by atoms with E-state index in [1.165, 1.54) is 18.4 Å². The van der Waals surface area contributed by atoms with E-state index in [0.717, 1.165) is 31.2 Å². The van der Waals surface area contributed by atoms with Gasteiger partial charge in [-0.3, -0.25) is 0 Å². The molecule has 1 aromatic rings. The van der Waals surface area contributed by atoms with E-state index >= 15 is 0 Å². The maximum absolute atomic E-state index is 9.53. The third-order valence-electron chi connectivity index (χ3n) is 3.10. The van der Waals surface area contributed by atoms with Gasteiger partial charge in [-0.15, -0.1) is 0 Å². The van der Waals surface area contributed by atoms with Crippen LogP contribution in [0.5, 0.6) is 5.75 Å². The second-order valence-electron chi connectivity index (χ2n) is 5.41. The molecule has 18 heavy (non-hydrogen) atoms. The van der Waals surface area contributed by atoms with Gasteiger partial charge < -0.3 is 15.2 Å². The molecular formula is C15H23NO2. The van der Waals surface area contributed by atoms with Crippen molar-refractivity contribution in [2.75, 3.05) is 18.5 Å². The average Bonchev–Trinajstić information content (AvgIpc) is 3.10. The number of hydrogen-bond donors (Lipinski definition) is 2. The van der Waals surface area contributed by atoms with E-state index in [1.807, 2.05) is 6.07 Å². The highest BCUT2D eigenvalue weighted by atomic mass is 16.5. The molecule has 0 aromatic heterocycles. The summed E-state index contributed by atoms with van der Waals surface area (Å²) in [4.78, 5) is 0. The van der Waals surface area contributed by atoms with Gasteiger partial charge in [-0.2, -0.15) is 0 Å². The minimum Gasteiger partial charge on any atom is -0.508 e. The highest BCUT2D eigenvalue weighted by Gasteiger charge is 2.20. The minimum absolute atomic E-state index is 0.306. The molecule has 1 fully saturated rings. The van der Waals surface area contributed by atoms with Crippen LogP contribution in [0.2, 0.25) is 0 Å². The summed E-state index contributed by atoms with van der Waals surface area (Å²) < 4.78 is 5.66. The van der Waals surface area contributed by atoms with Gasteiger partial charge in [0.2, 0.25) is 0 Å². The summed E-state index contributed by atoms with van der Waals surface area (Å²) in [6, 6.07) is 5.86. The summed E-state index contributed by atoms with van der Waals surface area (Å²) in [7, 11) is 0. The highest BCUT2D eigenvalue weighted by Crippen LogP contribution is 2.29. The smallest absolute Gasteiger partial charge is 0.117 e. The van der Waals surface area contributed by atoms with Crippen LogP contribution in [0.25, 0.3) is 0 Å². The molecule has 0 saturated heterocycles. The van der Waals surface area contributed by atoms with Crippen molar-refractivity contribution in [1.29, 1.82) is 0 Å². The number of phenolic OH excluding ortho intramolecular Hbond substituents is 1. The number of ether oxygens (including phenoxy) is 1. The van der Waals surface area contributed by atoms with Gasteiger partial charge in [0.25, 0.3) is 0 Å². The first kappa shape index (κ1) is 13.2. The average molecular weight is 249 g/mol. The largest absolute Gasteiger partial charge is 0.508 e. The van der Waals surface area contributed by atoms with Crippen molar-refractivity contribution < 1.29 is 9.84 Å². The molecule has 1 aliphatic carbocycles. The van der Waals surface area contributed by atoms with Crippen LogP contribution in [0.4, 0.5) is 5.69 Å². The number of anilines is 1. The number of rotatable bonds is 7. The van der Waals surface area contributed by atoms with E-state index < -0.39 is 0 Å². The van der Waals surface area contributed by atoms with Crippen LogP contribution in [0, 0.1) is 5.92 Å². The van der Waals surface area contributed by atoms with Crippen molar-refractivity contribution in [3.05, 3.63) is 23.8 Å². The number of aromatic hydroxyl groups is 1. The Labute approximate surface area is 109 Å². The van der Waals surface area contributed by atoms with Gasteiger partial charge in [0.05, 0.1) is 6.61 Å². The van der Waals surface area contributed by atoms with Crippen LogP contribution < -0.4 is 5.32 Å². The summed E-state index contributed by atoms with van der Waals surface area (Å²) >= 11 is 0. The van der Waals surface area contributed by atoms with Crippen LogP contribution in [0.1, 0.15) is 32.3 Å². The van der Waals surface area contributed by atoms with E-state index in [-0.39, 0.29) is 0 Å². The second kappa shape index (κ2) is 6.10. The van der Waals surface area contributed by atoms with E-state index in [2.05, 4.69) is 19.2 Å². The Balaban J connectivity index is 1.87. The Hall–Kier alpha value is -1.22. The molecule has 0 heterocycles. The number of nitrogens with one attached hydrogen (secondary N) is 1. The maximum atomic E-state index is 9.53. The predicted molar refractivity (Wildman–Crippen MR) is 74.1 cm³/mol. The molecule has 2 N–H and O–H groups in total. The predicted octanol–water partition coefficient (Wildman–Crippen LogP) is 3.18. The Bertz CT molecular complexity index is 386. The SMILES string of the molecule is CC(C)Nc1cc(O)ccc1CCOCC1CC1. The highest BCUT2D eigenvalue weighted by molar-refractivity contribution is 5.55. The van der Waals surface area contributed by atoms with Crippen molar-refractivity contribution in [3.63, 3.8) is 0 Å². The number of benzene rings is 1. The standard InChI is InChI=1S/C15H23NO2/c1-11(2)16-15-9-14(17)6-5-13(15)7-8-18-10-12-3-4-12/h5-6,9,11-12,16-17H,3-4,7-8,10H2,1-2H3. The summed E-state index contributed by atoms with van der Waals surface area (Å²) in [5.41, 5.74) is 2.22. The van der Waals surface area contributed by atoms with E-state index in [0.29, 0.717) is 11.8 Å². The van der Waals surface area contributed by atoms with Crippen LogP contribution in [-0.2, 0) is 11.2 Å². The van der Waals surface area contributed by atoms with Gasteiger partial charge in [0, 0.05) is 24.4 Å². The van der Waals surface area contributed by atoms with Crippen LogP contribution in [0.15, 0.2) is 18.2 Å². The van der Waals surface area contributed by atoms with Crippen molar-refractivity contribution >= 4 is 5.69 Å². The Kier molecular flexibility index (Phi) is 4.48. The van der Waals surface area contributed by atoms with Gasteiger partial charge in [0.15, 0.2) is 0 Å². The molecule has 0 unspecified atom stereocenters. The van der Waals surface area contributed by atoms with E-state index in [4.69, 9.17) is 4.74 Å². The molecular weight excluding hydrogens is 226 g/mol. The Morgan fingerprint density at radius 1 is 1.39 bits per heavy atom. The van der Waals surface area contributed by atoms with Crippen molar-refractivity contribution in [2.24, 2.45) is 5.92 Å². The van der Waals surface area contributed by atoms with E-state index in [1.54, 1.807) is 12.1 Å². The minimum atomic E-state index is 0.306. The van der Waals surface area contributed by atoms with E-state index in [9.17, 15) is 5.11 Å². The molecule has 0 aliphatic heterocycles. The lowest BCUT2D eigenvalue weighted by Gasteiger charge is -2.15. The number of hydrogen-bond acceptors (Lipinski definition) is 3. The van der Waals surface area contributed by atoms with Gasteiger partial charge in [-0.05, 0) is 50.7 Å². The van der Waals surface area contributed by atoms with Crippen LogP contribution in [-0.4, -0.2) is 24.4 Å². The van der Waals surface area contributed by atoms with Crippen molar-refractivity contribution in [3.8, 4) is 5.75 Å². The van der Waals surface area contributed by atoms with Crippen LogP contribution >= 0.6 is 0 Å². The van der Waals surface area contributed by atoms with Gasteiger partial charge in [-0.25, -0.2) is 0 Å². The van der Waals surface area contributed by atoms with Crippen molar-refractivity contribution in [1.82, 2.24) is 0 Å². The van der Waals surface area contributed by atoms with Gasteiger partial charge >= 0.3 is 0 Å². The topological polar surface area (TPSA) is 41.5 Å². The summed E-state index contributed by atoms with van der Waals surface area (Å²) in [6.07, 6.45) is 3.56. The molecule has 3 heteroatoms. The first-order valence-electron chi connectivity index (χ1n) is 6.81. The molecule has 2 rings (SSSR count). The van der Waals surface area contributed by atoms with Crippen molar-refractivity contribution in [2.45, 2.75) is 39.2 Å². The number of phenols is 1. The fraction of sp³-hybridized carbons (Fsp3) is 0.600. The molecule has 0 radical (unpaired) electrons. The fourth-order valence-electron chi connectivity index (χ4n) is 1.94. The molecule has 1 aliphatic rings. The molecule has 0 bridgehead atoms. The molecule has 1 saturated carbocycles. The zero-order valence-corrected chi connectivity index (χ0v) is 11.3. The molecule has 100 valence electrons. The Morgan fingerprint density at radius 2 is 2.17 bits per heavy atom. The zero-order chi connectivity index (χ0) is 13.0.